The molecule has 0 amide bonds. The van der Waals surface area contributed by atoms with E-state index in [1.807, 2.05) is 25.1 Å². The zero-order valence-electron chi connectivity index (χ0n) is 17.3. The molecule has 0 spiro atoms. The minimum Gasteiger partial charge on any atom is -0.356 e. The molecular weight excluding hydrogens is 440 g/mol. The van der Waals surface area contributed by atoms with Crippen molar-refractivity contribution in [1.29, 1.82) is 0 Å². The van der Waals surface area contributed by atoms with Gasteiger partial charge >= 0.3 is 0 Å². The zero-order chi connectivity index (χ0) is 23.0. The van der Waals surface area contributed by atoms with Crippen LogP contribution in [0.15, 0.2) is 41.3 Å². The third kappa shape index (κ3) is 3.92. The van der Waals surface area contributed by atoms with Gasteiger partial charge < -0.3 is 9.64 Å². The van der Waals surface area contributed by atoms with Gasteiger partial charge in [0.2, 0.25) is 10.0 Å². The number of nitrogens with zero attached hydrogens (tertiary/aromatic N) is 4. The Balaban J connectivity index is 1.56. The SMILES string of the molecule is Cc1cccc2c1N(C1CCN(S(=O)(=O)c3ccc([N+](=O)[O-])cc3[N+](=O)[O-])CC1)COC2. The minimum absolute atomic E-state index is 0.0634. The fraction of sp³-hybridized carbons (Fsp3) is 0.400. The maximum atomic E-state index is 13.1. The molecule has 12 heteroatoms. The van der Waals surface area contributed by atoms with Crippen molar-refractivity contribution in [2.75, 3.05) is 24.7 Å². The molecule has 1 fully saturated rings. The number of hydrogen-bond donors (Lipinski definition) is 0. The largest absolute Gasteiger partial charge is 0.356 e. The van der Waals surface area contributed by atoms with Crippen LogP contribution in [0.2, 0.25) is 0 Å². The van der Waals surface area contributed by atoms with E-state index in [1.54, 1.807) is 0 Å². The lowest BCUT2D eigenvalue weighted by molar-refractivity contribution is -0.396. The molecule has 2 aromatic rings. The van der Waals surface area contributed by atoms with E-state index in [0.717, 1.165) is 28.9 Å². The monoisotopic (exact) mass is 462 g/mol. The van der Waals surface area contributed by atoms with Gasteiger partial charge in [-0.05, 0) is 31.4 Å². The average molecular weight is 462 g/mol. The number of sulfonamides is 1. The van der Waals surface area contributed by atoms with Crippen LogP contribution in [0.1, 0.15) is 24.0 Å². The summed E-state index contributed by atoms with van der Waals surface area (Å²) < 4.78 is 33.2. The molecule has 1 saturated heterocycles. The Bertz CT molecular complexity index is 1180. The van der Waals surface area contributed by atoms with E-state index >= 15 is 0 Å². The third-order valence-corrected chi connectivity index (χ3v) is 7.87. The molecule has 0 bridgehead atoms. The number of para-hydroxylation sites is 1. The number of nitro groups is 2. The van der Waals surface area contributed by atoms with Gasteiger partial charge in [-0.25, -0.2) is 8.42 Å². The summed E-state index contributed by atoms with van der Waals surface area (Å²) in [7, 11) is -4.18. The summed E-state index contributed by atoms with van der Waals surface area (Å²) in [6.45, 7) is 3.34. The van der Waals surface area contributed by atoms with E-state index in [2.05, 4.69) is 4.90 Å². The summed E-state index contributed by atoms with van der Waals surface area (Å²) in [6, 6.07) is 8.69. The molecule has 11 nitrogen and oxygen atoms in total. The molecule has 0 atom stereocenters. The van der Waals surface area contributed by atoms with Crippen LogP contribution >= 0.6 is 0 Å². The van der Waals surface area contributed by atoms with Crippen LogP contribution in [-0.4, -0.2) is 48.4 Å². The lowest BCUT2D eigenvalue weighted by atomic mass is 10.00. The van der Waals surface area contributed by atoms with E-state index in [1.165, 1.54) is 4.31 Å². The van der Waals surface area contributed by atoms with Crippen LogP contribution in [0.4, 0.5) is 17.1 Å². The Kier molecular flexibility index (Phi) is 5.84. The van der Waals surface area contributed by atoms with Gasteiger partial charge in [-0.2, -0.15) is 4.31 Å². The Morgan fingerprint density at radius 3 is 2.44 bits per heavy atom. The molecule has 0 aliphatic carbocycles. The molecule has 0 saturated carbocycles. The maximum Gasteiger partial charge on any atom is 0.296 e. The van der Waals surface area contributed by atoms with Crippen molar-refractivity contribution in [3.05, 3.63) is 67.8 Å². The second-order valence-corrected chi connectivity index (χ2v) is 9.74. The van der Waals surface area contributed by atoms with E-state index in [4.69, 9.17) is 4.74 Å². The number of piperidine rings is 1. The van der Waals surface area contributed by atoms with Gasteiger partial charge in [0.1, 0.15) is 6.73 Å². The number of aryl methyl sites for hydroxylation is 1. The first-order chi connectivity index (χ1) is 15.2. The number of non-ortho nitro benzene ring substituents is 1. The van der Waals surface area contributed by atoms with Crippen molar-refractivity contribution >= 4 is 27.1 Å². The molecule has 0 radical (unpaired) electrons. The van der Waals surface area contributed by atoms with Gasteiger partial charge in [0, 0.05) is 36.4 Å². The molecule has 2 heterocycles. The molecule has 170 valence electrons. The predicted octanol–water partition coefficient (Wildman–Crippen LogP) is 2.96. The molecular formula is C20H22N4O7S. The summed E-state index contributed by atoms with van der Waals surface area (Å²) >= 11 is 0. The highest BCUT2D eigenvalue weighted by molar-refractivity contribution is 7.89. The second kappa shape index (κ2) is 8.45. The normalized spacial score (nSPS) is 17.7. The molecule has 0 aromatic heterocycles. The van der Waals surface area contributed by atoms with Gasteiger partial charge in [0.25, 0.3) is 11.4 Å². The van der Waals surface area contributed by atoms with Gasteiger partial charge in [0.15, 0.2) is 4.90 Å². The molecule has 0 N–H and O–H groups in total. The Morgan fingerprint density at radius 1 is 1.06 bits per heavy atom. The zero-order valence-corrected chi connectivity index (χ0v) is 18.2. The number of rotatable bonds is 5. The van der Waals surface area contributed by atoms with Gasteiger partial charge in [0.05, 0.1) is 22.5 Å². The van der Waals surface area contributed by atoms with Crippen molar-refractivity contribution in [2.24, 2.45) is 0 Å². The standard InChI is InChI=1S/C20H22N4O7S/c1-14-3-2-4-15-12-31-13-22(20(14)15)16-7-9-21(10-8-16)32(29,30)19-6-5-17(23(25)26)11-18(19)24(27)28/h2-6,11,16H,7-10,12-13H2,1H3. The lowest BCUT2D eigenvalue weighted by Crippen LogP contribution is -2.48. The first-order valence-corrected chi connectivity index (χ1v) is 11.5. The van der Waals surface area contributed by atoms with Crippen molar-refractivity contribution in [3.63, 3.8) is 0 Å². The minimum atomic E-state index is -4.18. The summed E-state index contributed by atoms with van der Waals surface area (Å²) in [5, 5.41) is 22.4. The predicted molar refractivity (Wildman–Crippen MR) is 115 cm³/mol. The number of anilines is 1. The molecule has 2 aliphatic heterocycles. The van der Waals surface area contributed by atoms with E-state index < -0.39 is 36.1 Å². The highest BCUT2D eigenvalue weighted by atomic mass is 32.2. The number of ether oxygens (including phenoxy) is 1. The molecule has 2 aliphatic rings. The quantitative estimate of drug-likeness (QED) is 0.489. The lowest BCUT2D eigenvalue weighted by Gasteiger charge is -2.42. The first-order valence-electron chi connectivity index (χ1n) is 10.1. The van der Waals surface area contributed by atoms with Crippen LogP contribution in [0.3, 0.4) is 0 Å². The van der Waals surface area contributed by atoms with Crippen LogP contribution in [-0.2, 0) is 21.4 Å². The average Bonchev–Trinajstić information content (AvgIpc) is 2.78. The summed E-state index contributed by atoms with van der Waals surface area (Å²) in [5.41, 5.74) is 2.00. The summed E-state index contributed by atoms with van der Waals surface area (Å²) in [6.07, 6.45) is 1.05. The second-order valence-electron chi connectivity index (χ2n) is 7.83. The highest BCUT2D eigenvalue weighted by Gasteiger charge is 2.37. The number of hydrogen-bond acceptors (Lipinski definition) is 8. The van der Waals surface area contributed by atoms with Crippen molar-refractivity contribution in [1.82, 2.24) is 4.31 Å². The van der Waals surface area contributed by atoms with Crippen molar-refractivity contribution < 1.29 is 23.0 Å². The Labute approximate surface area is 184 Å². The summed E-state index contributed by atoms with van der Waals surface area (Å²) in [4.78, 5) is 22.3. The van der Waals surface area contributed by atoms with Gasteiger partial charge in [-0.3, -0.25) is 20.2 Å². The maximum absolute atomic E-state index is 13.1. The van der Waals surface area contributed by atoms with E-state index in [9.17, 15) is 28.6 Å². The Morgan fingerprint density at radius 2 is 1.78 bits per heavy atom. The first kappa shape index (κ1) is 22.1. The topological polar surface area (TPSA) is 136 Å². The van der Waals surface area contributed by atoms with Crippen LogP contribution in [0, 0.1) is 27.2 Å². The fourth-order valence-electron chi connectivity index (χ4n) is 4.37. The van der Waals surface area contributed by atoms with Crippen molar-refractivity contribution in [2.45, 2.75) is 37.3 Å². The van der Waals surface area contributed by atoms with Crippen molar-refractivity contribution in [3.8, 4) is 0 Å². The molecule has 0 unspecified atom stereocenters. The van der Waals surface area contributed by atoms with E-state index in [0.29, 0.717) is 32.2 Å². The molecule has 32 heavy (non-hydrogen) atoms. The Hall–Kier alpha value is -3.09. The number of fused-ring (bicyclic) bond motifs is 1. The van der Waals surface area contributed by atoms with Crippen LogP contribution in [0.5, 0.6) is 0 Å². The fourth-order valence-corrected chi connectivity index (χ4v) is 5.97. The molecule has 4 rings (SSSR count). The highest BCUT2D eigenvalue weighted by Crippen LogP contribution is 2.36. The number of nitro benzene ring substituents is 2. The molecule has 2 aromatic carbocycles. The summed E-state index contributed by atoms with van der Waals surface area (Å²) in [5.74, 6) is 0. The number of benzene rings is 2. The van der Waals surface area contributed by atoms with E-state index in [-0.39, 0.29) is 19.1 Å². The van der Waals surface area contributed by atoms with Gasteiger partial charge in [-0.15, -0.1) is 0 Å². The third-order valence-electron chi connectivity index (χ3n) is 5.93. The van der Waals surface area contributed by atoms with Crippen LogP contribution < -0.4 is 4.90 Å². The van der Waals surface area contributed by atoms with Gasteiger partial charge in [-0.1, -0.05) is 18.2 Å². The smallest absolute Gasteiger partial charge is 0.296 e. The van der Waals surface area contributed by atoms with Crippen LogP contribution in [0.25, 0.3) is 0 Å².